The maximum atomic E-state index is 11.9. The highest BCUT2D eigenvalue weighted by Crippen LogP contribution is 2.38. The summed E-state index contributed by atoms with van der Waals surface area (Å²) in [6.07, 6.45) is 0.0977. The monoisotopic (exact) mass is 340 g/mol. The molecule has 6 heteroatoms. The Morgan fingerprint density at radius 1 is 1.36 bits per heavy atom. The van der Waals surface area contributed by atoms with E-state index in [1.165, 1.54) is 0 Å². The van der Waals surface area contributed by atoms with Crippen molar-refractivity contribution < 1.29 is 19.2 Å². The molecule has 0 spiro atoms. The molecule has 1 fully saturated rings. The van der Waals surface area contributed by atoms with Crippen LogP contribution in [0.4, 0.5) is 5.69 Å². The topological polar surface area (TPSA) is 75.8 Å². The van der Waals surface area contributed by atoms with Gasteiger partial charge in [-0.2, -0.15) is 0 Å². The number of anilines is 1. The number of aliphatic hydroxyl groups is 1. The van der Waals surface area contributed by atoms with Crippen LogP contribution in [0.1, 0.15) is 12.6 Å². The van der Waals surface area contributed by atoms with Gasteiger partial charge >= 0.3 is 5.97 Å². The van der Waals surface area contributed by atoms with Gasteiger partial charge in [-0.05, 0) is 12.3 Å². The molecule has 25 heavy (non-hydrogen) atoms. The molecule has 1 aliphatic heterocycles. The number of rotatable bonds is 5. The maximum absolute atomic E-state index is 11.9. The summed E-state index contributed by atoms with van der Waals surface area (Å²) in [5, 5.41) is 16.4. The molecule has 6 nitrogen and oxygen atoms in total. The van der Waals surface area contributed by atoms with E-state index < -0.39 is 0 Å². The van der Waals surface area contributed by atoms with Crippen molar-refractivity contribution in [3.05, 3.63) is 36.0 Å². The second-order valence-electron chi connectivity index (χ2n) is 6.38. The second-order valence-corrected chi connectivity index (χ2v) is 6.38. The molecule has 1 aromatic heterocycles. The van der Waals surface area contributed by atoms with Crippen molar-refractivity contribution in [2.24, 2.45) is 5.92 Å². The summed E-state index contributed by atoms with van der Waals surface area (Å²) in [4.78, 5) is 14.1. The molecule has 4 rings (SSSR count). The fourth-order valence-electron chi connectivity index (χ4n) is 3.46. The molecule has 0 radical (unpaired) electrons. The molecule has 1 aliphatic rings. The summed E-state index contributed by atoms with van der Waals surface area (Å²) >= 11 is 0. The van der Waals surface area contributed by atoms with Gasteiger partial charge in [0.15, 0.2) is 5.58 Å². The van der Waals surface area contributed by atoms with Crippen molar-refractivity contribution in [1.82, 2.24) is 5.16 Å². The summed E-state index contributed by atoms with van der Waals surface area (Å²) in [5.41, 5.74) is 2.35. The molecule has 0 aliphatic carbocycles. The third-order valence-corrected chi connectivity index (χ3v) is 4.70. The minimum Gasteiger partial charge on any atom is -0.466 e. The van der Waals surface area contributed by atoms with Crippen LogP contribution in [0.25, 0.3) is 21.7 Å². The number of aromatic nitrogens is 1. The summed E-state index contributed by atoms with van der Waals surface area (Å²) in [7, 11) is 0. The number of benzene rings is 2. The van der Waals surface area contributed by atoms with Crippen LogP contribution in [-0.2, 0) is 16.0 Å². The molecule has 0 atom stereocenters. The van der Waals surface area contributed by atoms with Crippen LogP contribution in [0.5, 0.6) is 0 Å². The Morgan fingerprint density at radius 3 is 2.84 bits per heavy atom. The molecule has 1 N–H and O–H groups in total. The van der Waals surface area contributed by atoms with Crippen LogP contribution < -0.4 is 4.90 Å². The van der Waals surface area contributed by atoms with Crippen LogP contribution in [0, 0.1) is 5.92 Å². The molecular weight excluding hydrogens is 320 g/mol. The molecule has 0 amide bonds. The fourth-order valence-corrected chi connectivity index (χ4v) is 3.46. The standard InChI is InChI=1S/C19H20N2O4/c1-2-24-18(23)7-15-19-14-6-4-3-5-13(14)16(8-17(19)25-20-15)21-9-12(10-21)11-22/h3-6,8,12,22H,2,7,9-11H2,1H3. The van der Waals surface area contributed by atoms with Gasteiger partial charge in [-0.3, -0.25) is 4.79 Å². The van der Waals surface area contributed by atoms with E-state index in [-0.39, 0.29) is 19.0 Å². The molecule has 130 valence electrons. The van der Waals surface area contributed by atoms with Crippen LogP contribution in [-0.4, -0.2) is 42.5 Å². The summed E-state index contributed by atoms with van der Waals surface area (Å²) in [6.45, 7) is 4.00. The molecule has 2 heterocycles. The van der Waals surface area contributed by atoms with Gasteiger partial charge < -0.3 is 19.3 Å². The van der Waals surface area contributed by atoms with E-state index in [1.54, 1.807) is 6.92 Å². The lowest BCUT2D eigenvalue weighted by molar-refractivity contribution is -0.142. The molecular formula is C19H20N2O4. The lowest BCUT2D eigenvalue weighted by atomic mass is 9.96. The Labute approximate surface area is 145 Å². The first-order valence-electron chi connectivity index (χ1n) is 8.52. The smallest absolute Gasteiger partial charge is 0.312 e. The predicted molar refractivity (Wildman–Crippen MR) is 94.6 cm³/mol. The number of fused-ring (bicyclic) bond motifs is 3. The Balaban J connectivity index is 1.81. The molecule has 1 saturated heterocycles. The quantitative estimate of drug-likeness (QED) is 0.719. The Hall–Kier alpha value is -2.60. The largest absolute Gasteiger partial charge is 0.466 e. The van der Waals surface area contributed by atoms with Crippen LogP contribution >= 0.6 is 0 Å². The average Bonchev–Trinajstić information content (AvgIpc) is 2.97. The van der Waals surface area contributed by atoms with Gasteiger partial charge in [0.25, 0.3) is 0 Å². The third-order valence-electron chi connectivity index (χ3n) is 4.70. The lowest BCUT2D eigenvalue weighted by Gasteiger charge is -2.40. The van der Waals surface area contributed by atoms with E-state index in [1.807, 2.05) is 24.3 Å². The maximum Gasteiger partial charge on any atom is 0.312 e. The van der Waals surface area contributed by atoms with Gasteiger partial charge in [0.1, 0.15) is 5.69 Å². The van der Waals surface area contributed by atoms with E-state index in [0.29, 0.717) is 23.8 Å². The normalized spacial score (nSPS) is 14.9. The van der Waals surface area contributed by atoms with Crippen molar-refractivity contribution in [3.63, 3.8) is 0 Å². The van der Waals surface area contributed by atoms with Crippen LogP contribution in [0.2, 0.25) is 0 Å². The number of nitrogens with zero attached hydrogens (tertiary/aromatic N) is 2. The second kappa shape index (κ2) is 6.37. The number of esters is 1. The average molecular weight is 340 g/mol. The number of aliphatic hydroxyl groups excluding tert-OH is 1. The third kappa shape index (κ3) is 2.72. The Kier molecular flexibility index (Phi) is 4.05. The number of ether oxygens (including phenoxy) is 1. The van der Waals surface area contributed by atoms with Gasteiger partial charge in [0, 0.05) is 42.8 Å². The van der Waals surface area contributed by atoms with Crippen molar-refractivity contribution in [1.29, 1.82) is 0 Å². The fraction of sp³-hybridized carbons (Fsp3) is 0.368. The van der Waals surface area contributed by atoms with E-state index in [9.17, 15) is 9.90 Å². The lowest BCUT2D eigenvalue weighted by Crippen LogP contribution is -2.48. The molecule has 0 unspecified atom stereocenters. The minimum atomic E-state index is -0.306. The Morgan fingerprint density at radius 2 is 2.12 bits per heavy atom. The molecule has 0 bridgehead atoms. The summed E-state index contributed by atoms with van der Waals surface area (Å²) in [5.74, 6) is 0.0166. The number of carbonyl (C=O) groups is 1. The van der Waals surface area contributed by atoms with Crippen LogP contribution in [0.15, 0.2) is 34.9 Å². The zero-order chi connectivity index (χ0) is 17.4. The van der Waals surface area contributed by atoms with Crippen LogP contribution in [0.3, 0.4) is 0 Å². The summed E-state index contributed by atoms with van der Waals surface area (Å²) < 4.78 is 10.6. The van der Waals surface area contributed by atoms with E-state index >= 15 is 0 Å². The van der Waals surface area contributed by atoms with Gasteiger partial charge in [-0.1, -0.05) is 29.4 Å². The van der Waals surface area contributed by atoms with Crippen molar-refractivity contribution in [2.75, 3.05) is 31.2 Å². The highest BCUT2D eigenvalue weighted by atomic mass is 16.5. The predicted octanol–water partition coefficient (Wildman–Crippen LogP) is 2.52. The number of carbonyl (C=O) groups excluding carboxylic acids is 1. The van der Waals surface area contributed by atoms with Crippen molar-refractivity contribution in [3.8, 4) is 0 Å². The SMILES string of the molecule is CCOC(=O)Cc1noc2cc(N3CC(CO)C3)c3ccccc3c12. The summed E-state index contributed by atoms with van der Waals surface area (Å²) in [6, 6.07) is 10.0. The van der Waals surface area contributed by atoms with E-state index in [4.69, 9.17) is 9.26 Å². The van der Waals surface area contributed by atoms with Gasteiger partial charge in [-0.15, -0.1) is 0 Å². The Bertz CT molecular complexity index is 928. The van der Waals surface area contributed by atoms with E-state index in [2.05, 4.69) is 16.1 Å². The highest BCUT2D eigenvalue weighted by Gasteiger charge is 2.28. The van der Waals surface area contributed by atoms with E-state index in [0.717, 1.165) is 34.9 Å². The first-order chi connectivity index (χ1) is 12.2. The number of hydrogen-bond acceptors (Lipinski definition) is 6. The van der Waals surface area contributed by atoms with Crippen molar-refractivity contribution in [2.45, 2.75) is 13.3 Å². The van der Waals surface area contributed by atoms with Gasteiger partial charge in [0.2, 0.25) is 0 Å². The highest BCUT2D eigenvalue weighted by molar-refractivity contribution is 6.13. The molecule has 0 saturated carbocycles. The molecule has 2 aromatic carbocycles. The zero-order valence-corrected chi connectivity index (χ0v) is 14.1. The van der Waals surface area contributed by atoms with Gasteiger partial charge in [-0.25, -0.2) is 0 Å². The van der Waals surface area contributed by atoms with Crippen molar-refractivity contribution >= 4 is 33.4 Å². The number of hydrogen-bond donors (Lipinski definition) is 1. The zero-order valence-electron chi connectivity index (χ0n) is 14.1. The first kappa shape index (κ1) is 15.9. The first-order valence-corrected chi connectivity index (χ1v) is 8.52. The minimum absolute atomic E-state index is 0.0977. The molecule has 3 aromatic rings. The van der Waals surface area contributed by atoms with Gasteiger partial charge in [0.05, 0.1) is 18.4 Å².